The molecular weight excluding hydrogens is 390 g/mol. The Morgan fingerprint density at radius 1 is 1.21 bits per heavy atom. The van der Waals surface area contributed by atoms with Crippen LogP contribution in [0.25, 0.3) is 22.4 Å². The number of piperidine rings is 1. The molecule has 0 atom stereocenters. The third-order valence-electron chi connectivity index (χ3n) is 5.19. The Bertz CT molecular complexity index is 1020. The highest BCUT2D eigenvalue weighted by Crippen LogP contribution is 2.32. The lowest BCUT2D eigenvalue weighted by atomic mass is 9.91. The first-order valence-electron chi connectivity index (χ1n) is 9.64. The fourth-order valence-corrected chi connectivity index (χ4v) is 3.66. The molecule has 0 aliphatic carbocycles. The summed E-state index contributed by atoms with van der Waals surface area (Å²) in [6.07, 6.45) is 5.28. The van der Waals surface area contributed by atoms with E-state index in [1.54, 1.807) is 18.5 Å². The highest BCUT2D eigenvalue weighted by atomic mass is 35.5. The van der Waals surface area contributed by atoms with Crippen molar-refractivity contribution < 1.29 is 5.11 Å². The van der Waals surface area contributed by atoms with E-state index in [4.69, 9.17) is 27.4 Å². The standard InChI is InChI=1S/C20H24ClN7O/c1-20(22)5-9-28(10-6-20)16-12-25-18-15(26-16)3-2-14(27-18)13-4-7-23-19(17(13)21)24-8-11-29/h2-4,7,12,29H,5-6,8-11,22H2,1H3,(H,23,24). The monoisotopic (exact) mass is 413 g/mol. The van der Waals surface area contributed by atoms with Crippen LogP contribution in [0.3, 0.4) is 0 Å². The van der Waals surface area contributed by atoms with Crippen molar-refractivity contribution in [3.63, 3.8) is 0 Å². The average Bonchev–Trinajstić information content (AvgIpc) is 2.72. The van der Waals surface area contributed by atoms with Crippen LogP contribution in [-0.2, 0) is 0 Å². The van der Waals surface area contributed by atoms with Crippen LogP contribution in [-0.4, -0.2) is 56.8 Å². The third kappa shape index (κ3) is 4.24. The summed E-state index contributed by atoms with van der Waals surface area (Å²) in [5, 5.41) is 12.4. The van der Waals surface area contributed by atoms with Crippen molar-refractivity contribution in [3.05, 3.63) is 35.6 Å². The largest absolute Gasteiger partial charge is 0.395 e. The number of nitrogens with one attached hydrogen (secondary N) is 1. The van der Waals surface area contributed by atoms with Gasteiger partial charge in [0.2, 0.25) is 0 Å². The number of rotatable bonds is 5. The van der Waals surface area contributed by atoms with Gasteiger partial charge in [-0.15, -0.1) is 0 Å². The van der Waals surface area contributed by atoms with Crippen molar-refractivity contribution in [3.8, 4) is 11.3 Å². The molecule has 1 saturated heterocycles. The van der Waals surface area contributed by atoms with Gasteiger partial charge in [0.15, 0.2) is 5.65 Å². The van der Waals surface area contributed by atoms with Crippen molar-refractivity contribution in [1.82, 2.24) is 19.9 Å². The van der Waals surface area contributed by atoms with E-state index >= 15 is 0 Å². The van der Waals surface area contributed by atoms with Crippen LogP contribution < -0.4 is 16.0 Å². The second-order valence-corrected chi connectivity index (χ2v) is 7.96. The molecular formula is C20H24ClN7O. The van der Waals surface area contributed by atoms with Crippen LogP contribution in [0.1, 0.15) is 19.8 Å². The number of aliphatic hydroxyl groups excluding tert-OH is 1. The molecule has 8 nitrogen and oxygen atoms in total. The lowest BCUT2D eigenvalue weighted by Gasteiger charge is -2.37. The molecule has 0 bridgehead atoms. The molecule has 4 N–H and O–H groups in total. The van der Waals surface area contributed by atoms with Crippen molar-refractivity contribution in [2.24, 2.45) is 5.73 Å². The maximum atomic E-state index is 8.99. The normalized spacial score (nSPS) is 16.2. The molecule has 3 aromatic heterocycles. The highest BCUT2D eigenvalue weighted by molar-refractivity contribution is 6.35. The Balaban J connectivity index is 1.61. The fraction of sp³-hybridized carbons (Fsp3) is 0.400. The number of anilines is 2. The minimum Gasteiger partial charge on any atom is -0.395 e. The molecule has 0 spiro atoms. The quantitative estimate of drug-likeness (QED) is 0.584. The van der Waals surface area contributed by atoms with Crippen LogP contribution in [0.4, 0.5) is 11.6 Å². The zero-order valence-electron chi connectivity index (χ0n) is 16.3. The number of fused-ring (bicyclic) bond motifs is 1. The van der Waals surface area contributed by atoms with E-state index in [9.17, 15) is 0 Å². The van der Waals surface area contributed by atoms with Crippen LogP contribution in [0, 0.1) is 0 Å². The van der Waals surface area contributed by atoms with E-state index in [2.05, 4.69) is 32.1 Å². The fourth-order valence-electron chi connectivity index (χ4n) is 3.38. The second-order valence-electron chi connectivity index (χ2n) is 7.58. The summed E-state index contributed by atoms with van der Waals surface area (Å²) in [5.74, 6) is 1.36. The van der Waals surface area contributed by atoms with E-state index in [0.29, 0.717) is 28.7 Å². The van der Waals surface area contributed by atoms with E-state index in [1.807, 2.05) is 12.1 Å². The zero-order chi connectivity index (χ0) is 20.4. The summed E-state index contributed by atoms with van der Waals surface area (Å²) in [6.45, 7) is 4.20. The Labute approximate surface area is 174 Å². The van der Waals surface area contributed by atoms with Crippen LogP contribution in [0.15, 0.2) is 30.6 Å². The number of halogens is 1. The van der Waals surface area contributed by atoms with Gasteiger partial charge in [0.05, 0.1) is 23.5 Å². The highest BCUT2D eigenvalue weighted by Gasteiger charge is 2.26. The first-order chi connectivity index (χ1) is 14.0. The number of pyridine rings is 2. The first kappa shape index (κ1) is 19.8. The molecule has 4 heterocycles. The summed E-state index contributed by atoms with van der Waals surface area (Å²) in [7, 11) is 0. The lowest BCUT2D eigenvalue weighted by molar-refractivity contribution is 0.311. The average molecular weight is 414 g/mol. The minimum absolute atomic E-state index is 0.00405. The molecule has 0 aromatic carbocycles. The number of hydrogen-bond donors (Lipinski definition) is 3. The van der Waals surface area contributed by atoms with Gasteiger partial charge in [-0.3, -0.25) is 0 Å². The Kier molecular flexibility index (Phi) is 5.49. The number of aliphatic hydroxyl groups is 1. The molecule has 3 aromatic rings. The third-order valence-corrected chi connectivity index (χ3v) is 5.57. The van der Waals surface area contributed by atoms with E-state index < -0.39 is 0 Å². The molecule has 1 aliphatic heterocycles. The van der Waals surface area contributed by atoms with Gasteiger partial charge in [0, 0.05) is 36.9 Å². The number of nitrogens with two attached hydrogens (primary N) is 1. The van der Waals surface area contributed by atoms with Crippen molar-refractivity contribution in [2.75, 3.05) is 36.5 Å². The Morgan fingerprint density at radius 3 is 2.76 bits per heavy atom. The summed E-state index contributed by atoms with van der Waals surface area (Å²) < 4.78 is 0. The number of aromatic nitrogens is 4. The van der Waals surface area contributed by atoms with Gasteiger partial charge < -0.3 is 21.1 Å². The van der Waals surface area contributed by atoms with Crippen LogP contribution in [0.2, 0.25) is 5.02 Å². The van der Waals surface area contributed by atoms with Gasteiger partial charge >= 0.3 is 0 Å². The predicted molar refractivity (Wildman–Crippen MR) is 115 cm³/mol. The maximum Gasteiger partial charge on any atom is 0.178 e. The molecule has 9 heteroatoms. The van der Waals surface area contributed by atoms with Gasteiger partial charge in [0.25, 0.3) is 0 Å². The first-order valence-corrected chi connectivity index (χ1v) is 10.0. The molecule has 4 rings (SSSR count). The zero-order valence-corrected chi connectivity index (χ0v) is 17.0. The molecule has 0 amide bonds. The minimum atomic E-state index is -0.105. The number of nitrogens with zero attached hydrogens (tertiary/aromatic N) is 5. The molecule has 152 valence electrons. The number of hydrogen-bond acceptors (Lipinski definition) is 8. The van der Waals surface area contributed by atoms with Gasteiger partial charge in [-0.25, -0.2) is 19.9 Å². The van der Waals surface area contributed by atoms with Crippen molar-refractivity contribution >= 4 is 34.4 Å². The maximum absolute atomic E-state index is 8.99. The van der Waals surface area contributed by atoms with E-state index in [1.165, 1.54) is 0 Å². The molecule has 29 heavy (non-hydrogen) atoms. The van der Waals surface area contributed by atoms with Gasteiger partial charge in [-0.2, -0.15) is 0 Å². The second kappa shape index (κ2) is 8.06. The molecule has 0 radical (unpaired) electrons. The Hall–Kier alpha value is -2.55. The molecule has 0 unspecified atom stereocenters. The van der Waals surface area contributed by atoms with Crippen molar-refractivity contribution in [1.29, 1.82) is 0 Å². The smallest absolute Gasteiger partial charge is 0.178 e. The Morgan fingerprint density at radius 2 is 2.00 bits per heavy atom. The van der Waals surface area contributed by atoms with E-state index in [-0.39, 0.29) is 12.1 Å². The summed E-state index contributed by atoms with van der Waals surface area (Å²) in [5.41, 5.74) is 8.85. The topological polar surface area (TPSA) is 113 Å². The van der Waals surface area contributed by atoms with Crippen LogP contribution >= 0.6 is 11.6 Å². The van der Waals surface area contributed by atoms with Crippen LogP contribution in [0.5, 0.6) is 0 Å². The summed E-state index contributed by atoms with van der Waals surface area (Å²) in [4.78, 5) is 20.3. The predicted octanol–water partition coefficient (Wildman–Crippen LogP) is 2.46. The lowest BCUT2D eigenvalue weighted by Crippen LogP contribution is -2.48. The summed E-state index contributed by atoms with van der Waals surface area (Å²) >= 11 is 6.48. The SMILES string of the molecule is CC1(N)CCN(c2cnc3nc(-c4ccnc(NCCO)c4Cl)ccc3n2)CC1. The molecule has 1 aliphatic rings. The van der Waals surface area contributed by atoms with Gasteiger partial charge in [0.1, 0.15) is 17.2 Å². The van der Waals surface area contributed by atoms with Gasteiger partial charge in [-0.05, 0) is 38.0 Å². The van der Waals surface area contributed by atoms with Crippen molar-refractivity contribution in [2.45, 2.75) is 25.3 Å². The molecule has 0 saturated carbocycles. The summed E-state index contributed by atoms with van der Waals surface area (Å²) in [6, 6.07) is 5.59. The van der Waals surface area contributed by atoms with E-state index in [0.717, 1.165) is 42.8 Å². The van der Waals surface area contributed by atoms with Gasteiger partial charge in [-0.1, -0.05) is 11.6 Å². The molecule has 1 fully saturated rings.